The molecule has 0 heterocycles. The summed E-state index contributed by atoms with van der Waals surface area (Å²) in [4.78, 5) is 23.9. The topological polar surface area (TPSA) is 81.4 Å². The smallest absolute Gasteiger partial charge is 0.244 e. The third-order valence-corrected chi connectivity index (χ3v) is 4.96. The van der Waals surface area contributed by atoms with Gasteiger partial charge in [0.1, 0.15) is 6.04 Å². The van der Waals surface area contributed by atoms with E-state index in [1.54, 1.807) is 30.3 Å². The molecule has 0 bridgehead atoms. The zero-order valence-electron chi connectivity index (χ0n) is 15.2. The lowest BCUT2D eigenvalue weighted by molar-refractivity contribution is -0.127. The van der Waals surface area contributed by atoms with Crippen LogP contribution in [0.2, 0.25) is 5.02 Å². The molecule has 6 heteroatoms. The molecule has 144 valence electrons. The fraction of sp³-hybridized carbons (Fsp3) is 0.429. The van der Waals surface area contributed by atoms with Crippen molar-refractivity contribution in [3.63, 3.8) is 0 Å². The number of hydrogen-bond donors (Lipinski definition) is 2. The van der Waals surface area contributed by atoms with Gasteiger partial charge in [-0.15, -0.1) is 0 Å². The summed E-state index contributed by atoms with van der Waals surface area (Å²) >= 11 is 5.86. The Hall–Kier alpha value is -2.27. The van der Waals surface area contributed by atoms with Gasteiger partial charge in [-0.2, -0.15) is 0 Å². The number of hydrogen-bond acceptors (Lipinski definition) is 3. The monoisotopic (exact) mass is 388 g/mol. The summed E-state index contributed by atoms with van der Waals surface area (Å²) in [5, 5.41) is 3.23. The second-order valence-electron chi connectivity index (χ2n) is 7.23. The summed E-state index contributed by atoms with van der Waals surface area (Å²) < 4.78 is 5.66. The van der Waals surface area contributed by atoms with Crippen molar-refractivity contribution >= 4 is 23.4 Å². The van der Waals surface area contributed by atoms with Crippen LogP contribution in [0.15, 0.2) is 48.3 Å². The molecule has 5 nitrogen and oxygen atoms in total. The van der Waals surface area contributed by atoms with E-state index < -0.39 is 11.9 Å². The molecule has 3 rings (SSSR count). The van der Waals surface area contributed by atoms with Crippen LogP contribution < -0.4 is 11.1 Å². The summed E-state index contributed by atoms with van der Waals surface area (Å²) in [6.07, 6.45) is 10.6. The summed E-state index contributed by atoms with van der Waals surface area (Å²) in [5.74, 6) is 0.381. The van der Waals surface area contributed by atoms with Crippen molar-refractivity contribution in [1.82, 2.24) is 5.32 Å². The molecule has 0 radical (unpaired) electrons. The highest BCUT2D eigenvalue weighted by Crippen LogP contribution is 2.37. The van der Waals surface area contributed by atoms with Gasteiger partial charge in [-0.3, -0.25) is 9.59 Å². The maximum absolute atomic E-state index is 12.2. The van der Waals surface area contributed by atoms with Crippen molar-refractivity contribution in [2.75, 3.05) is 6.61 Å². The Morgan fingerprint density at radius 2 is 1.93 bits per heavy atom. The van der Waals surface area contributed by atoms with Gasteiger partial charge in [0, 0.05) is 11.4 Å². The Morgan fingerprint density at radius 1 is 1.22 bits per heavy atom. The molecule has 1 aromatic rings. The fourth-order valence-corrected chi connectivity index (χ4v) is 2.88. The molecule has 2 aliphatic carbocycles. The second kappa shape index (κ2) is 9.09. The zero-order chi connectivity index (χ0) is 19.2. The van der Waals surface area contributed by atoms with Crippen LogP contribution in [0.4, 0.5) is 0 Å². The van der Waals surface area contributed by atoms with Crippen LogP contribution >= 0.6 is 11.6 Å². The quantitative estimate of drug-likeness (QED) is 0.474. The highest BCUT2D eigenvalue weighted by Gasteiger charge is 2.26. The van der Waals surface area contributed by atoms with Crippen molar-refractivity contribution in [2.45, 2.75) is 38.1 Å². The lowest BCUT2D eigenvalue weighted by Crippen LogP contribution is -2.37. The molecule has 1 atom stereocenters. The van der Waals surface area contributed by atoms with Gasteiger partial charge < -0.3 is 15.8 Å². The van der Waals surface area contributed by atoms with Crippen LogP contribution in [0.5, 0.6) is 0 Å². The molecule has 0 spiro atoms. The lowest BCUT2D eigenvalue weighted by Gasteiger charge is -2.15. The first-order valence-electron chi connectivity index (χ1n) is 9.35. The number of carbonyl (C=O) groups excluding carboxylic acids is 2. The van der Waals surface area contributed by atoms with Gasteiger partial charge >= 0.3 is 0 Å². The van der Waals surface area contributed by atoms with E-state index in [0.29, 0.717) is 16.5 Å². The van der Waals surface area contributed by atoms with Crippen LogP contribution in [0.3, 0.4) is 0 Å². The maximum atomic E-state index is 12.2. The maximum Gasteiger partial charge on any atom is 0.244 e. The molecule has 2 saturated carbocycles. The number of benzene rings is 1. The zero-order valence-corrected chi connectivity index (χ0v) is 16.0. The van der Waals surface area contributed by atoms with E-state index in [0.717, 1.165) is 30.9 Å². The van der Waals surface area contributed by atoms with Crippen LogP contribution in [0.1, 0.15) is 43.7 Å². The molecule has 0 saturated heterocycles. The fourth-order valence-electron chi connectivity index (χ4n) is 2.75. The number of nitrogens with two attached hydrogens (primary N) is 1. The van der Waals surface area contributed by atoms with Gasteiger partial charge in [-0.1, -0.05) is 35.9 Å². The molecule has 2 fully saturated rings. The van der Waals surface area contributed by atoms with Crippen molar-refractivity contribution < 1.29 is 14.3 Å². The Labute approximate surface area is 164 Å². The molecule has 0 aromatic heterocycles. The van der Waals surface area contributed by atoms with E-state index in [9.17, 15) is 9.59 Å². The van der Waals surface area contributed by atoms with Gasteiger partial charge in [0.15, 0.2) is 0 Å². The highest BCUT2D eigenvalue weighted by molar-refractivity contribution is 6.30. The summed E-state index contributed by atoms with van der Waals surface area (Å²) in [7, 11) is 0. The first-order chi connectivity index (χ1) is 13.0. The molecule has 3 N–H and O–H groups in total. The molecule has 1 unspecified atom stereocenters. The number of ether oxygens (including phenoxy) is 1. The third-order valence-electron chi connectivity index (χ3n) is 4.70. The van der Waals surface area contributed by atoms with Crippen molar-refractivity contribution in [1.29, 1.82) is 0 Å². The first-order valence-corrected chi connectivity index (χ1v) is 9.73. The number of carbonyl (C=O) groups is 2. The molecule has 1 aromatic carbocycles. The largest absolute Gasteiger partial charge is 0.501 e. The van der Waals surface area contributed by atoms with E-state index in [4.69, 9.17) is 22.1 Å². The number of rotatable bonds is 10. The average Bonchev–Trinajstić information content (AvgIpc) is 3.53. The van der Waals surface area contributed by atoms with E-state index in [-0.39, 0.29) is 12.3 Å². The number of halogens is 1. The minimum absolute atomic E-state index is 0.171. The van der Waals surface area contributed by atoms with Crippen molar-refractivity contribution in [3.05, 3.63) is 58.8 Å². The molecular formula is C21H25ClN2O3. The summed E-state index contributed by atoms with van der Waals surface area (Å²) in [5.41, 5.74) is 7.17. The minimum Gasteiger partial charge on any atom is -0.501 e. The summed E-state index contributed by atoms with van der Waals surface area (Å²) in [6, 6.07) is 5.81. The Bertz CT molecular complexity index is 734. The number of primary amides is 1. The van der Waals surface area contributed by atoms with Crippen LogP contribution in [0, 0.1) is 11.8 Å². The second-order valence-corrected chi connectivity index (χ2v) is 7.67. The molecule has 27 heavy (non-hydrogen) atoms. The number of amides is 2. The Kier molecular flexibility index (Phi) is 6.56. The number of allylic oxidation sites excluding steroid dienone is 2. The number of nitrogens with one attached hydrogen (secondary N) is 1. The molecule has 2 aliphatic rings. The van der Waals surface area contributed by atoms with Gasteiger partial charge in [0.25, 0.3) is 0 Å². The predicted octanol–water partition coefficient (Wildman–Crippen LogP) is 3.65. The van der Waals surface area contributed by atoms with Gasteiger partial charge in [0.2, 0.25) is 11.8 Å². The summed E-state index contributed by atoms with van der Waals surface area (Å²) in [6.45, 7) is 0.784. The SMILES string of the molecule is NC(=O)C(NC(=O)C/C=C\C(=C\OCC1CC1)C1CC1)c1ccc(Cl)cc1. The first kappa shape index (κ1) is 19.5. The van der Waals surface area contributed by atoms with Crippen LogP contribution in [-0.4, -0.2) is 18.4 Å². The Balaban J connectivity index is 1.52. The van der Waals surface area contributed by atoms with Crippen molar-refractivity contribution in [2.24, 2.45) is 17.6 Å². The van der Waals surface area contributed by atoms with E-state index in [1.165, 1.54) is 12.8 Å². The van der Waals surface area contributed by atoms with Gasteiger partial charge in [0.05, 0.1) is 12.9 Å². The molecule has 0 aliphatic heterocycles. The van der Waals surface area contributed by atoms with Gasteiger partial charge in [-0.05, 0) is 60.8 Å². The molecule has 2 amide bonds. The average molecular weight is 389 g/mol. The van der Waals surface area contributed by atoms with Crippen LogP contribution in [-0.2, 0) is 14.3 Å². The van der Waals surface area contributed by atoms with E-state index in [1.807, 2.05) is 12.3 Å². The van der Waals surface area contributed by atoms with Crippen LogP contribution in [0.25, 0.3) is 0 Å². The predicted molar refractivity (Wildman–Crippen MR) is 105 cm³/mol. The standard InChI is InChI=1S/C21H25ClN2O3/c22-18-10-8-16(9-11-18)20(21(23)26)24-19(25)3-1-2-17(15-6-7-15)13-27-12-14-4-5-14/h1-2,8-11,13-15,20H,3-7,12H2,(H2,23,26)(H,24,25)/b2-1-,17-13-. The molecular weight excluding hydrogens is 364 g/mol. The highest BCUT2D eigenvalue weighted by atomic mass is 35.5. The third kappa shape index (κ3) is 6.43. The normalized spacial score (nSPS) is 18.3. The van der Waals surface area contributed by atoms with Crippen molar-refractivity contribution in [3.8, 4) is 0 Å². The van der Waals surface area contributed by atoms with E-state index in [2.05, 4.69) is 5.32 Å². The van der Waals surface area contributed by atoms with Gasteiger partial charge in [-0.25, -0.2) is 0 Å². The Morgan fingerprint density at radius 3 is 2.52 bits per heavy atom. The lowest BCUT2D eigenvalue weighted by atomic mass is 10.1. The van der Waals surface area contributed by atoms with E-state index >= 15 is 0 Å². The minimum atomic E-state index is -0.872.